The van der Waals surface area contributed by atoms with Gasteiger partial charge in [-0.1, -0.05) is 24.3 Å². The molecule has 4 rings (SSSR count). The van der Waals surface area contributed by atoms with E-state index < -0.39 is 4.92 Å². The number of imidazole rings is 1. The zero-order valence-electron chi connectivity index (χ0n) is 17.7. The minimum absolute atomic E-state index is 0.100. The molecule has 0 saturated heterocycles. The van der Waals surface area contributed by atoms with Gasteiger partial charge in [-0.3, -0.25) is 4.90 Å². The third-order valence-corrected chi connectivity index (χ3v) is 5.89. The Morgan fingerprint density at radius 1 is 1.00 bits per heavy atom. The second-order valence-electron chi connectivity index (χ2n) is 7.82. The summed E-state index contributed by atoms with van der Waals surface area (Å²) in [6, 6.07) is 16.9. The van der Waals surface area contributed by atoms with Gasteiger partial charge in [0.25, 0.3) is 0 Å². The fourth-order valence-corrected chi connectivity index (χ4v) is 3.97. The molecule has 0 N–H and O–H groups in total. The molecular weight excluding hydrogens is 396 g/mol. The topological polar surface area (TPSA) is 82.7 Å². The average Bonchev–Trinajstić information content (AvgIpc) is 3.24. The first kappa shape index (κ1) is 20.9. The lowest BCUT2D eigenvalue weighted by Crippen LogP contribution is -2.44. The summed E-state index contributed by atoms with van der Waals surface area (Å²) in [7, 11) is 3.33. The largest absolute Gasteiger partial charge is 0.497 e. The molecule has 1 aliphatic rings. The lowest BCUT2D eigenvalue weighted by atomic mass is 9.84. The molecule has 0 atom stereocenters. The number of methoxy groups -OCH3 is 2. The van der Waals surface area contributed by atoms with E-state index in [4.69, 9.17) is 9.47 Å². The smallest absolute Gasteiger partial charge is 0.381 e. The van der Waals surface area contributed by atoms with Crippen LogP contribution in [0.15, 0.2) is 61.1 Å². The molecule has 1 aromatic heterocycles. The van der Waals surface area contributed by atoms with Crippen LogP contribution in [0.25, 0.3) is 0 Å². The summed E-state index contributed by atoms with van der Waals surface area (Å²) in [4.78, 5) is 16.8. The summed E-state index contributed by atoms with van der Waals surface area (Å²) in [6.07, 6.45) is 4.95. The van der Waals surface area contributed by atoms with Crippen LogP contribution in [0.2, 0.25) is 0 Å². The van der Waals surface area contributed by atoms with E-state index >= 15 is 0 Å². The Morgan fingerprint density at radius 2 is 1.52 bits per heavy atom. The highest BCUT2D eigenvalue weighted by Crippen LogP contribution is 2.38. The number of rotatable bonds is 9. The summed E-state index contributed by atoms with van der Waals surface area (Å²) in [5, 5.41) is 10.9. The van der Waals surface area contributed by atoms with Crippen molar-refractivity contribution >= 4 is 5.82 Å². The van der Waals surface area contributed by atoms with Crippen molar-refractivity contribution in [3.63, 3.8) is 0 Å². The molecule has 0 unspecified atom stereocenters. The van der Waals surface area contributed by atoms with Crippen molar-refractivity contribution in [2.24, 2.45) is 0 Å². The summed E-state index contributed by atoms with van der Waals surface area (Å²) in [6.45, 7) is 1.63. The van der Waals surface area contributed by atoms with E-state index in [9.17, 15) is 10.1 Å². The highest BCUT2D eigenvalue weighted by molar-refractivity contribution is 5.29. The molecule has 0 bridgehead atoms. The molecule has 0 aliphatic heterocycles. The van der Waals surface area contributed by atoms with Crippen molar-refractivity contribution in [3.8, 4) is 11.5 Å². The standard InChI is InChI=1S/C23H26N4O4/c1-30-21-7-3-17(4-8-21)13-25(14-18-5-9-22(31-2)10-6-18)19-11-20(12-19)26-15-23(24-16-26)27(28)29/h3-10,15-16,19-20H,11-14H2,1-2H3. The van der Waals surface area contributed by atoms with Gasteiger partial charge in [-0.05, 0) is 58.1 Å². The maximum Gasteiger partial charge on any atom is 0.381 e. The molecule has 8 nitrogen and oxygen atoms in total. The Bertz CT molecular complexity index is 961. The predicted molar refractivity (Wildman–Crippen MR) is 116 cm³/mol. The van der Waals surface area contributed by atoms with Gasteiger partial charge in [-0.15, -0.1) is 0 Å². The van der Waals surface area contributed by atoms with Crippen LogP contribution >= 0.6 is 0 Å². The number of hydrogen-bond donors (Lipinski definition) is 0. The molecule has 2 aromatic carbocycles. The van der Waals surface area contributed by atoms with E-state index in [1.165, 1.54) is 17.3 Å². The van der Waals surface area contributed by atoms with E-state index in [-0.39, 0.29) is 11.9 Å². The first-order valence-corrected chi connectivity index (χ1v) is 10.2. The number of ether oxygens (including phenoxy) is 2. The molecule has 1 heterocycles. The summed E-state index contributed by atoms with van der Waals surface area (Å²) >= 11 is 0. The Labute approximate surface area is 181 Å². The second kappa shape index (κ2) is 9.18. The lowest BCUT2D eigenvalue weighted by molar-refractivity contribution is -0.389. The van der Waals surface area contributed by atoms with Gasteiger partial charge in [0.15, 0.2) is 0 Å². The van der Waals surface area contributed by atoms with E-state index in [1.807, 2.05) is 28.8 Å². The molecule has 1 fully saturated rings. The number of benzene rings is 2. The number of nitrogens with zero attached hydrogens (tertiary/aromatic N) is 4. The third kappa shape index (κ3) is 4.86. The zero-order valence-corrected chi connectivity index (χ0v) is 17.7. The second-order valence-corrected chi connectivity index (χ2v) is 7.82. The molecule has 31 heavy (non-hydrogen) atoms. The molecule has 8 heteroatoms. The van der Waals surface area contributed by atoms with Crippen LogP contribution in [0.5, 0.6) is 11.5 Å². The van der Waals surface area contributed by atoms with Crippen molar-refractivity contribution in [3.05, 3.63) is 82.3 Å². The normalized spacial score (nSPS) is 17.9. The van der Waals surface area contributed by atoms with Crippen LogP contribution in [0.3, 0.4) is 0 Å². The Kier molecular flexibility index (Phi) is 6.18. The summed E-state index contributed by atoms with van der Waals surface area (Å²) in [5.74, 6) is 1.59. The molecular formula is C23H26N4O4. The molecule has 3 aromatic rings. The van der Waals surface area contributed by atoms with Crippen molar-refractivity contribution in [1.29, 1.82) is 0 Å². The van der Waals surface area contributed by atoms with Gasteiger partial charge >= 0.3 is 5.82 Å². The van der Waals surface area contributed by atoms with Gasteiger partial charge in [0.2, 0.25) is 6.33 Å². The van der Waals surface area contributed by atoms with Gasteiger partial charge in [0, 0.05) is 25.2 Å². The van der Waals surface area contributed by atoms with Crippen LogP contribution < -0.4 is 9.47 Å². The zero-order chi connectivity index (χ0) is 21.8. The van der Waals surface area contributed by atoms with Gasteiger partial charge in [0.1, 0.15) is 17.7 Å². The Morgan fingerprint density at radius 3 is 1.94 bits per heavy atom. The van der Waals surface area contributed by atoms with E-state index in [1.54, 1.807) is 20.5 Å². The van der Waals surface area contributed by atoms with E-state index in [0.29, 0.717) is 6.04 Å². The van der Waals surface area contributed by atoms with Crippen LogP contribution in [0.1, 0.15) is 30.0 Å². The highest BCUT2D eigenvalue weighted by Gasteiger charge is 2.35. The quantitative estimate of drug-likeness (QED) is 0.379. The van der Waals surface area contributed by atoms with Crippen LogP contribution in [-0.4, -0.2) is 39.6 Å². The highest BCUT2D eigenvalue weighted by atomic mass is 16.6. The molecule has 1 saturated carbocycles. The van der Waals surface area contributed by atoms with E-state index in [2.05, 4.69) is 34.1 Å². The fourth-order valence-electron chi connectivity index (χ4n) is 3.97. The van der Waals surface area contributed by atoms with E-state index in [0.717, 1.165) is 37.4 Å². The van der Waals surface area contributed by atoms with Crippen LogP contribution in [0, 0.1) is 10.1 Å². The third-order valence-electron chi connectivity index (χ3n) is 5.89. The molecule has 1 aliphatic carbocycles. The molecule has 162 valence electrons. The lowest BCUT2D eigenvalue weighted by Gasteiger charge is -2.43. The maximum absolute atomic E-state index is 10.9. The molecule has 0 spiro atoms. The van der Waals surface area contributed by atoms with Crippen molar-refractivity contribution in [2.75, 3.05) is 14.2 Å². The van der Waals surface area contributed by atoms with Crippen LogP contribution in [0.4, 0.5) is 5.82 Å². The summed E-state index contributed by atoms with van der Waals surface area (Å²) < 4.78 is 12.4. The maximum atomic E-state index is 10.9. The SMILES string of the molecule is COc1ccc(CN(Cc2ccc(OC)cc2)C2CC(n3cnc([N+](=O)[O-])c3)C2)cc1. The van der Waals surface area contributed by atoms with Crippen molar-refractivity contribution in [2.45, 2.75) is 38.0 Å². The number of aromatic nitrogens is 2. The minimum Gasteiger partial charge on any atom is -0.497 e. The first-order chi connectivity index (χ1) is 15.1. The van der Waals surface area contributed by atoms with Crippen molar-refractivity contribution < 1.29 is 14.4 Å². The van der Waals surface area contributed by atoms with Crippen LogP contribution in [-0.2, 0) is 13.1 Å². The number of hydrogen-bond acceptors (Lipinski definition) is 6. The Hall–Kier alpha value is -3.39. The number of nitro groups is 1. The van der Waals surface area contributed by atoms with Gasteiger partial charge in [0.05, 0.1) is 14.2 Å². The van der Waals surface area contributed by atoms with Gasteiger partial charge in [-0.2, -0.15) is 0 Å². The van der Waals surface area contributed by atoms with Gasteiger partial charge < -0.3 is 24.2 Å². The van der Waals surface area contributed by atoms with Crippen molar-refractivity contribution in [1.82, 2.24) is 14.5 Å². The fraction of sp³-hybridized carbons (Fsp3) is 0.348. The molecule has 0 amide bonds. The summed E-state index contributed by atoms with van der Waals surface area (Å²) in [5.41, 5.74) is 2.44. The first-order valence-electron chi connectivity index (χ1n) is 10.2. The van der Waals surface area contributed by atoms with Gasteiger partial charge in [-0.25, -0.2) is 0 Å². The average molecular weight is 422 g/mol. The molecule has 0 radical (unpaired) electrons. The minimum atomic E-state index is -0.452. The monoisotopic (exact) mass is 422 g/mol. The Balaban J connectivity index is 1.46. The predicted octanol–water partition coefficient (Wildman–Crippen LogP) is 4.21.